The van der Waals surface area contributed by atoms with Crippen LogP contribution >= 0.6 is 0 Å². The monoisotopic (exact) mass is 295 g/mol. The maximum absolute atomic E-state index is 11.6. The zero-order valence-electron chi connectivity index (χ0n) is 12.7. The van der Waals surface area contributed by atoms with E-state index in [1.807, 2.05) is 0 Å². The molecule has 1 atom stereocenters. The lowest BCUT2D eigenvalue weighted by Crippen LogP contribution is -2.40. The second kappa shape index (κ2) is 6.92. The van der Waals surface area contributed by atoms with Crippen LogP contribution in [-0.2, 0) is 4.74 Å². The van der Waals surface area contributed by atoms with Gasteiger partial charge in [0.05, 0.1) is 4.92 Å². The average Bonchev–Trinajstić information content (AvgIpc) is 2.34. The number of rotatable bonds is 5. The van der Waals surface area contributed by atoms with Crippen LogP contribution in [0.4, 0.5) is 16.2 Å². The Kier molecular flexibility index (Phi) is 5.52. The number of alkyl carbamates (subject to hydrolysis) is 1. The molecule has 0 saturated carbocycles. The summed E-state index contributed by atoms with van der Waals surface area (Å²) >= 11 is 0. The summed E-state index contributed by atoms with van der Waals surface area (Å²) in [6.45, 7) is 7.48. The second-order valence-corrected chi connectivity index (χ2v) is 5.70. The Hall–Kier alpha value is -2.31. The molecule has 0 aliphatic rings. The van der Waals surface area contributed by atoms with E-state index in [4.69, 9.17) is 4.74 Å². The lowest BCUT2D eigenvalue weighted by atomic mass is 10.2. The van der Waals surface area contributed by atoms with Crippen molar-refractivity contribution in [3.8, 4) is 0 Å². The molecule has 21 heavy (non-hydrogen) atoms. The van der Waals surface area contributed by atoms with E-state index in [-0.39, 0.29) is 11.7 Å². The van der Waals surface area contributed by atoms with Gasteiger partial charge >= 0.3 is 6.09 Å². The van der Waals surface area contributed by atoms with Crippen LogP contribution in [0.25, 0.3) is 0 Å². The number of nitro groups is 1. The maximum atomic E-state index is 11.6. The molecular weight excluding hydrogens is 274 g/mol. The van der Waals surface area contributed by atoms with Gasteiger partial charge in [-0.1, -0.05) is 12.1 Å². The van der Waals surface area contributed by atoms with E-state index in [0.717, 1.165) is 0 Å². The minimum Gasteiger partial charge on any atom is -0.444 e. The quantitative estimate of drug-likeness (QED) is 0.643. The van der Waals surface area contributed by atoms with Gasteiger partial charge in [-0.25, -0.2) is 4.79 Å². The molecule has 1 aromatic rings. The third kappa shape index (κ3) is 6.11. The normalized spacial score (nSPS) is 12.4. The molecule has 0 radical (unpaired) electrons. The van der Waals surface area contributed by atoms with Crippen LogP contribution in [0, 0.1) is 10.1 Å². The number of nitrogens with one attached hydrogen (secondary N) is 2. The first kappa shape index (κ1) is 16.7. The van der Waals surface area contributed by atoms with Crippen molar-refractivity contribution in [2.24, 2.45) is 0 Å². The Labute approximate surface area is 123 Å². The fourth-order valence-corrected chi connectivity index (χ4v) is 1.61. The van der Waals surface area contributed by atoms with Gasteiger partial charge in [0.15, 0.2) is 0 Å². The van der Waals surface area contributed by atoms with Crippen molar-refractivity contribution in [2.45, 2.75) is 39.3 Å². The van der Waals surface area contributed by atoms with Gasteiger partial charge < -0.3 is 15.4 Å². The van der Waals surface area contributed by atoms with Crippen molar-refractivity contribution >= 4 is 17.5 Å². The summed E-state index contributed by atoms with van der Waals surface area (Å²) in [5, 5.41) is 16.5. The van der Waals surface area contributed by atoms with Crippen molar-refractivity contribution < 1.29 is 14.5 Å². The molecule has 0 saturated heterocycles. The summed E-state index contributed by atoms with van der Waals surface area (Å²) in [5.74, 6) is 0. The molecule has 1 amide bonds. The molecule has 0 spiro atoms. The highest BCUT2D eigenvalue weighted by Crippen LogP contribution is 2.22. The highest BCUT2D eigenvalue weighted by Gasteiger charge is 2.18. The van der Waals surface area contributed by atoms with Crippen molar-refractivity contribution in [3.63, 3.8) is 0 Å². The van der Waals surface area contributed by atoms with Gasteiger partial charge in [-0.15, -0.1) is 0 Å². The molecule has 0 aliphatic carbocycles. The Balaban J connectivity index is 2.52. The zero-order valence-corrected chi connectivity index (χ0v) is 12.7. The first-order valence-corrected chi connectivity index (χ1v) is 6.66. The van der Waals surface area contributed by atoms with E-state index in [9.17, 15) is 14.9 Å². The summed E-state index contributed by atoms with van der Waals surface area (Å²) in [6.07, 6.45) is -0.514. The van der Waals surface area contributed by atoms with Gasteiger partial charge in [0.1, 0.15) is 11.3 Å². The molecule has 0 heterocycles. The lowest BCUT2D eigenvalue weighted by Gasteiger charge is -2.22. The standard InChI is InChI=1S/C14H21N3O4/c1-10(16-13(18)21-14(2,3)4)9-15-11-7-5-6-8-12(11)17(19)20/h5-8,10,15H,9H2,1-4H3,(H,16,18)/t10-/m0/s1. The van der Waals surface area contributed by atoms with Gasteiger partial charge in [-0.3, -0.25) is 10.1 Å². The SMILES string of the molecule is C[C@@H](CNc1ccccc1[N+](=O)[O-])NC(=O)OC(C)(C)C. The Morgan fingerprint density at radius 1 is 1.38 bits per heavy atom. The van der Waals surface area contributed by atoms with E-state index < -0.39 is 16.6 Å². The fourth-order valence-electron chi connectivity index (χ4n) is 1.61. The molecular formula is C14H21N3O4. The first-order chi connectivity index (χ1) is 9.69. The summed E-state index contributed by atoms with van der Waals surface area (Å²) in [5.41, 5.74) is -0.141. The van der Waals surface area contributed by atoms with Gasteiger partial charge in [-0.2, -0.15) is 0 Å². The van der Waals surface area contributed by atoms with E-state index in [1.54, 1.807) is 45.9 Å². The van der Waals surface area contributed by atoms with E-state index in [2.05, 4.69) is 10.6 Å². The maximum Gasteiger partial charge on any atom is 0.407 e. The van der Waals surface area contributed by atoms with Gasteiger partial charge in [0.25, 0.3) is 5.69 Å². The fraction of sp³-hybridized carbons (Fsp3) is 0.500. The average molecular weight is 295 g/mol. The number of ether oxygens (including phenoxy) is 1. The highest BCUT2D eigenvalue weighted by atomic mass is 16.6. The molecule has 0 unspecified atom stereocenters. The Morgan fingerprint density at radius 3 is 2.57 bits per heavy atom. The number of amides is 1. The molecule has 2 N–H and O–H groups in total. The smallest absolute Gasteiger partial charge is 0.407 e. The predicted molar refractivity (Wildman–Crippen MR) is 80.4 cm³/mol. The van der Waals surface area contributed by atoms with Crippen LogP contribution in [0.3, 0.4) is 0 Å². The largest absolute Gasteiger partial charge is 0.444 e. The van der Waals surface area contributed by atoms with Crippen LogP contribution in [0.2, 0.25) is 0 Å². The topological polar surface area (TPSA) is 93.5 Å². The second-order valence-electron chi connectivity index (χ2n) is 5.70. The molecule has 1 aromatic carbocycles. The predicted octanol–water partition coefficient (Wildman–Crippen LogP) is 2.92. The third-order valence-corrected chi connectivity index (χ3v) is 2.46. The number of hydrogen-bond donors (Lipinski definition) is 2. The van der Waals surface area contributed by atoms with Gasteiger partial charge in [0, 0.05) is 18.7 Å². The van der Waals surface area contributed by atoms with Crippen LogP contribution in [0.15, 0.2) is 24.3 Å². The minimum absolute atomic E-state index is 0.00182. The number of hydrogen-bond acceptors (Lipinski definition) is 5. The van der Waals surface area contributed by atoms with Crippen LogP contribution in [0.5, 0.6) is 0 Å². The summed E-state index contributed by atoms with van der Waals surface area (Å²) < 4.78 is 5.14. The van der Waals surface area contributed by atoms with Gasteiger partial charge in [-0.05, 0) is 33.8 Å². The van der Waals surface area contributed by atoms with E-state index in [0.29, 0.717) is 12.2 Å². The number of para-hydroxylation sites is 2. The van der Waals surface area contributed by atoms with Crippen LogP contribution in [0.1, 0.15) is 27.7 Å². The number of nitrogens with zero attached hydrogens (tertiary/aromatic N) is 1. The molecule has 116 valence electrons. The summed E-state index contributed by atoms with van der Waals surface area (Å²) in [6, 6.07) is 6.12. The van der Waals surface area contributed by atoms with Crippen LogP contribution < -0.4 is 10.6 Å². The lowest BCUT2D eigenvalue weighted by molar-refractivity contribution is -0.384. The minimum atomic E-state index is -0.560. The zero-order chi connectivity index (χ0) is 16.0. The van der Waals surface area contributed by atoms with Crippen molar-refractivity contribution in [1.29, 1.82) is 0 Å². The summed E-state index contributed by atoms with van der Waals surface area (Å²) in [7, 11) is 0. The number of carbonyl (C=O) groups is 1. The highest BCUT2D eigenvalue weighted by molar-refractivity contribution is 5.68. The molecule has 0 aromatic heterocycles. The number of anilines is 1. The third-order valence-electron chi connectivity index (χ3n) is 2.46. The Morgan fingerprint density at radius 2 is 2.00 bits per heavy atom. The van der Waals surface area contributed by atoms with E-state index in [1.165, 1.54) is 6.07 Å². The molecule has 0 fully saturated rings. The molecule has 7 heteroatoms. The Bertz CT molecular complexity index is 511. The van der Waals surface area contributed by atoms with E-state index >= 15 is 0 Å². The molecule has 1 rings (SSSR count). The van der Waals surface area contributed by atoms with Crippen LogP contribution in [-0.4, -0.2) is 29.2 Å². The molecule has 0 aliphatic heterocycles. The number of benzene rings is 1. The van der Waals surface area contributed by atoms with Crippen molar-refractivity contribution in [1.82, 2.24) is 5.32 Å². The van der Waals surface area contributed by atoms with Crippen molar-refractivity contribution in [2.75, 3.05) is 11.9 Å². The molecule has 7 nitrogen and oxygen atoms in total. The van der Waals surface area contributed by atoms with Crippen molar-refractivity contribution in [3.05, 3.63) is 34.4 Å². The number of nitro benzene ring substituents is 1. The first-order valence-electron chi connectivity index (χ1n) is 6.66. The summed E-state index contributed by atoms with van der Waals surface area (Å²) in [4.78, 5) is 22.0. The molecule has 0 bridgehead atoms. The van der Waals surface area contributed by atoms with Gasteiger partial charge in [0.2, 0.25) is 0 Å². The number of carbonyl (C=O) groups excluding carboxylic acids is 1.